The highest BCUT2D eigenvalue weighted by Crippen LogP contribution is 2.22. The second-order valence-electron chi connectivity index (χ2n) is 7.62. The summed E-state index contributed by atoms with van der Waals surface area (Å²) in [6.07, 6.45) is 3.78. The van der Waals surface area contributed by atoms with Gasteiger partial charge in [0, 0.05) is 5.56 Å². The molecule has 0 aromatic heterocycles. The number of hydrogen-bond donors (Lipinski definition) is 4. The topological polar surface area (TPSA) is 87.4 Å². The van der Waals surface area contributed by atoms with E-state index < -0.39 is 0 Å². The quantitative estimate of drug-likeness (QED) is 0.395. The van der Waals surface area contributed by atoms with Gasteiger partial charge >= 0.3 is 0 Å². The Hall–Kier alpha value is -3.06. The number of benzene rings is 2. The lowest BCUT2D eigenvalue weighted by Crippen LogP contribution is -3.11. The number of nitrogens with zero attached hydrogens (tertiary/aromatic N) is 1. The summed E-state index contributed by atoms with van der Waals surface area (Å²) in [5.41, 5.74) is 5.83. The maximum atomic E-state index is 12.2. The lowest BCUT2D eigenvalue weighted by molar-refractivity contribution is -0.918. The molecule has 2 aromatic carbocycles. The Labute approximate surface area is 177 Å². The molecule has 160 valence electrons. The fraction of sp³-hybridized carbons (Fsp3) is 0.391. The molecule has 1 saturated heterocycles. The van der Waals surface area contributed by atoms with Gasteiger partial charge in [0.1, 0.15) is 18.0 Å². The summed E-state index contributed by atoms with van der Waals surface area (Å²) < 4.78 is 5.26. The molecule has 1 heterocycles. The van der Waals surface area contributed by atoms with Gasteiger partial charge in [-0.1, -0.05) is 12.1 Å². The standard InChI is InChI=1S/C23H30N4O3/c1-17(25-26-23(29)15-24-20-8-4-5-9-22(20)30-2)18-10-11-21(28)19(14-18)16-27-12-6-3-7-13-27/h4-5,8-11,14,24,28H,3,6-7,12-13,15-16H2,1-2H3,(H,26,29)/p+1/b25-17+. The SMILES string of the molecule is COc1ccccc1NCC(=O)N/N=C(\C)c1ccc(O)c(C[NH+]2CCCCC2)c1. The van der Waals surface area contributed by atoms with Crippen LogP contribution in [0.15, 0.2) is 47.6 Å². The third-order valence-electron chi connectivity index (χ3n) is 5.39. The van der Waals surface area contributed by atoms with E-state index in [9.17, 15) is 9.90 Å². The largest absolute Gasteiger partial charge is 0.507 e. The molecule has 1 fully saturated rings. The molecule has 0 saturated carbocycles. The van der Waals surface area contributed by atoms with E-state index in [4.69, 9.17) is 4.74 Å². The summed E-state index contributed by atoms with van der Waals surface area (Å²) in [5.74, 6) is 0.740. The van der Waals surface area contributed by atoms with E-state index in [-0.39, 0.29) is 12.5 Å². The first-order valence-corrected chi connectivity index (χ1v) is 10.4. The van der Waals surface area contributed by atoms with E-state index in [2.05, 4.69) is 15.8 Å². The number of phenols is 1. The van der Waals surface area contributed by atoms with Crippen LogP contribution in [0.2, 0.25) is 0 Å². The summed E-state index contributed by atoms with van der Waals surface area (Å²) in [6.45, 7) is 5.02. The predicted octanol–water partition coefficient (Wildman–Crippen LogP) is 1.92. The number of quaternary nitrogens is 1. The number of nitrogens with one attached hydrogen (secondary N) is 3. The van der Waals surface area contributed by atoms with Gasteiger partial charge in [-0.15, -0.1) is 0 Å². The third kappa shape index (κ3) is 5.97. The van der Waals surface area contributed by atoms with Crippen LogP contribution in [-0.2, 0) is 11.3 Å². The summed E-state index contributed by atoms with van der Waals surface area (Å²) in [7, 11) is 1.59. The Bertz CT molecular complexity index is 892. The van der Waals surface area contributed by atoms with Crippen molar-refractivity contribution < 1.29 is 19.5 Å². The van der Waals surface area contributed by atoms with E-state index in [1.54, 1.807) is 13.2 Å². The fourth-order valence-corrected chi connectivity index (χ4v) is 3.67. The number of rotatable bonds is 8. The zero-order chi connectivity index (χ0) is 21.3. The molecule has 0 atom stereocenters. The number of amides is 1. The number of hydrazone groups is 1. The number of piperidine rings is 1. The zero-order valence-electron chi connectivity index (χ0n) is 17.7. The lowest BCUT2D eigenvalue weighted by atomic mass is 10.0. The molecule has 1 amide bonds. The summed E-state index contributed by atoms with van der Waals surface area (Å²) in [4.78, 5) is 13.7. The van der Waals surface area contributed by atoms with Crippen LogP contribution >= 0.6 is 0 Å². The van der Waals surface area contributed by atoms with Crippen LogP contribution in [0.5, 0.6) is 11.5 Å². The summed E-state index contributed by atoms with van der Waals surface area (Å²) >= 11 is 0. The molecule has 1 aliphatic heterocycles. The molecule has 1 aliphatic rings. The minimum Gasteiger partial charge on any atom is -0.507 e. The van der Waals surface area contributed by atoms with Gasteiger partial charge in [-0.25, -0.2) is 5.43 Å². The number of ether oxygens (including phenoxy) is 1. The number of anilines is 1. The number of phenolic OH excluding ortho intramolecular Hbond substituents is 1. The molecule has 0 spiro atoms. The molecule has 30 heavy (non-hydrogen) atoms. The number of likely N-dealkylation sites (tertiary alicyclic amines) is 1. The molecule has 0 bridgehead atoms. The number of para-hydroxylation sites is 2. The van der Waals surface area contributed by atoms with Crippen LogP contribution in [0.1, 0.15) is 37.3 Å². The van der Waals surface area contributed by atoms with Gasteiger partial charge < -0.3 is 20.1 Å². The predicted molar refractivity (Wildman–Crippen MR) is 118 cm³/mol. The van der Waals surface area contributed by atoms with Gasteiger partial charge in [0.05, 0.1) is 38.1 Å². The third-order valence-corrected chi connectivity index (χ3v) is 5.39. The number of hydrogen-bond acceptors (Lipinski definition) is 5. The van der Waals surface area contributed by atoms with E-state index in [0.29, 0.717) is 17.2 Å². The molecule has 0 unspecified atom stereocenters. The van der Waals surface area contributed by atoms with Crippen LogP contribution < -0.4 is 20.4 Å². The molecule has 7 heteroatoms. The van der Waals surface area contributed by atoms with Gasteiger partial charge in [0.2, 0.25) is 0 Å². The Morgan fingerprint density at radius 1 is 1.17 bits per heavy atom. The number of aromatic hydroxyl groups is 1. The molecule has 0 aliphatic carbocycles. The minimum atomic E-state index is -0.253. The van der Waals surface area contributed by atoms with Gasteiger partial charge in [0.25, 0.3) is 5.91 Å². The van der Waals surface area contributed by atoms with Gasteiger partial charge in [-0.05, 0) is 62.1 Å². The van der Waals surface area contributed by atoms with E-state index in [1.165, 1.54) is 24.2 Å². The van der Waals surface area contributed by atoms with Crippen molar-refractivity contribution in [3.05, 3.63) is 53.6 Å². The van der Waals surface area contributed by atoms with Crippen LogP contribution in [-0.4, -0.2) is 43.5 Å². The molecule has 0 radical (unpaired) electrons. The average molecular weight is 412 g/mol. The van der Waals surface area contributed by atoms with Crippen molar-refractivity contribution in [3.8, 4) is 11.5 Å². The van der Waals surface area contributed by atoms with Crippen molar-refractivity contribution in [2.45, 2.75) is 32.7 Å². The number of carbonyl (C=O) groups is 1. The maximum Gasteiger partial charge on any atom is 0.259 e. The minimum absolute atomic E-state index is 0.0797. The summed E-state index contributed by atoms with van der Waals surface area (Å²) in [6, 6.07) is 12.9. The van der Waals surface area contributed by atoms with Gasteiger partial charge in [-0.2, -0.15) is 5.10 Å². The van der Waals surface area contributed by atoms with E-state index in [0.717, 1.165) is 36.4 Å². The van der Waals surface area contributed by atoms with Crippen LogP contribution in [0.25, 0.3) is 0 Å². The van der Waals surface area contributed by atoms with Crippen molar-refractivity contribution >= 4 is 17.3 Å². The van der Waals surface area contributed by atoms with Crippen LogP contribution in [0.4, 0.5) is 5.69 Å². The van der Waals surface area contributed by atoms with Gasteiger partial charge in [-0.3, -0.25) is 4.79 Å². The van der Waals surface area contributed by atoms with Crippen molar-refractivity contribution in [2.75, 3.05) is 32.1 Å². The molecule has 7 nitrogen and oxygen atoms in total. The molecule has 3 rings (SSSR count). The fourth-order valence-electron chi connectivity index (χ4n) is 3.67. The molecular weight excluding hydrogens is 380 g/mol. The van der Waals surface area contributed by atoms with E-state index >= 15 is 0 Å². The van der Waals surface area contributed by atoms with Crippen LogP contribution in [0.3, 0.4) is 0 Å². The second kappa shape index (κ2) is 10.6. The van der Waals surface area contributed by atoms with Crippen molar-refractivity contribution in [1.82, 2.24) is 5.43 Å². The highest BCUT2D eigenvalue weighted by Gasteiger charge is 2.16. The smallest absolute Gasteiger partial charge is 0.259 e. The Morgan fingerprint density at radius 3 is 2.70 bits per heavy atom. The Morgan fingerprint density at radius 2 is 1.93 bits per heavy atom. The molecule has 2 aromatic rings. The number of methoxy groups -OCH3 is 1. The van der Waals surface area contributed by atoms with E-state index in [1.807, 2.05) is 43.3 Å². The van der Waals surface area contributed by atoms with Crippen molar-refractivity contribution in [2.24, 2.45) is 5.10 Å². The average Bonchev–Trinajstić information content (AvgIpc) is 2.78. The first-order chi connectivity index (χ1) is 14.6. The monoisotopic (exact) mass is 411 g/mol. The Kier molecular flexibility index (Phi) is 7.68. The first-order valence-electron chi connectivity index (χ1n) is 10.4. The molecular formula is C23H31N4O3+. The highest BCUT2D eigenvalue weighted by molar-refractivity contribution is 5.99. The lowest BCUT2D eigenvalue weighted by Gasteiger charge is -2.24. The zero-order valence-corrected chi connectivity index (χ0v) is 17.7. The van der Waals surface area contributed by atoms with Crippen molar-refractivity contribution in [1.29, 1.82) is 0 Å². The Balaban J connectivity index is 1.57. The van der Waals surface area contributed by atoms with Crippen LogP contribution in [0, 0.1) is 0 Å². The van der Waals surface area contributed by atoms with Crippen molar-refractivity contribution in [3.63, 3.8) is 0 Å². The normalized spacial score (nSPS) is 14.9. The number of carbonyl (C=O) groups excluding carboxylic acids is 1. The maximum absolute atomic E-state index is 12.2. The highest BCUT2D eigenvalue weighted by atomic mass is 16.5. The first kappa shape index (κ1) is 21.6. The molecule has 4 N–H and O–H groups in total. The summed E-state index contributed by atoms with van der Waals surface area (Å²) in [5, 5.41) is 17.5. The second-order valence-corrected chi connectivity index (χ2v) is 7.62. The van der Waals surface area contributed by atoms with Gasteiger partial charge in [0.15, 0.2) is 0 Å².